The topological polar surface area (TPSA) is 31.2 Å². The van der Waals surface area contributed by atoms with Crippen molar-refractivity contribution in [3.63, 3.8) is 0 Å². The van der Waals surface area contributed by atoms with E-state index in [0.29, 0.717) is 12.2 Å². The SMILES string of the molecule is CCOCCn1cc2c(c1)C(=O)CCCC2. The summed E-state index contributed by atoms with van der Waals surface area (Å²) in [6.07, 6.45) is 8.02. The molecule has 1 heterocycles. The molecular weight excluding hydrogens is 202 g/mol. The average Bonchev–Trinajstić information content (AvgIpc) is 2.61. The second-order valence-corrected chi connectivity index (χ2v) is 4.26. The molecule has 0 bridgehead atoms. The van der Waals surface area contributed by atoms with Gasteiger partial charge >= 0.3 is 0 Å². The van der Waals surface area contributed by atoms with Gasteiger partial charge in [0.15, 0.2) is 5.78 Å². The normalized spacial score (nSPS) is 15.9. The molecule has 1 aliphatic carbocycles. The predicted octanol–water partition coefficient (Wildman–Crippen LogP) is 2.43. The van der Waals surface area contributed by atoms with E-state index in [2.05, 4.69) is 10.8 Å². The summed E-state index contributed by atoms with van der Waals surface area (Å²) in [4.78, 5) is 11.8. The maximum atomic E-state index is 11.8. The summed E-state index contributed by atoms with van der Waals surface area (Å²) in [6, 6.07) is 0. The van der Waals surface area contributed by atoms with Crippen molar-refractivity contribution >= 4 is 5.78 Å². The Morgan fingerprint density at radius 2 is 2.12 bits per heavy atom. The Morgan fingerprint density at radius 1 is 1.31 bits per heavy atom. The Morgan fingerprint density at radius 3 is 2.94 bits per heavy atom. The summed E-state index contributed by atoms with van der Waals surface area (Å²) >= 11 is 0. The molecule has 3 heteroatoms. The van der Waals surface area contributed by atoms with Crippen molar-refractivity contribution < 1.29 is 9.53 Å². The molecule has 0 fully saturated rings. The molecule has 16 heavy (non-hydrogen) atoms. The Balaban J connectivity index is 2.07. The van der Waals surface area contributed by atoms with Gasteiger partial charge in [0.25, 0.3) is 0 Å². The fraction of sp³-hybridized carbons (Fsp3) is 0.615. The number of rotatable bonds is 4. The number of aryl methyl sites for hydroxylation is 1. The zero-order valence-corrected chi connectivity index (χ0v) is 9.87. The number of carbonyl (C=O) groups excluding carboxylic acids is 1. The number of carbonyl (C=O) groups is 1. The van der Waals surface area contributed by atoms with Crippen molar-refractivity contribution in [3.05, 3.63) is 23.5 Å². The van der Waals surface area contributed by atoms with Crippen LogP contribution in [-0.4, -0.2) is 23.6 Å². The fourth-order valence-corrected chi connectivity index (χ4v) is 2.19. The number of Topliss-reactive ketones (excluding diaryl/α,β-unsaturated/α-hetero) is 1. The van der Waals surface area contributed by atoms with E-state index in [1.54, 1.807) is 0 Å². The molecule has 1 aromatic rings. The zero-order chi connectivity index (χ0) is 11.4. The van der Waals surface area contributed by atoms with Crippen molar-refractivity contribution in [1.29, 1.82) is 0 Å². The maximum Gasteiger partial charge on any atom is 0.164 e. The van der Waals surface area contributed by atoms with Gasteiger partial charge in [-0.1, -0.05) is 0 Å². The van der Waals surface area contributed by atoms with Gasteiger partial charge in [-0.05, 0) is 31.7 Å². The van der Waals surface area contributed by atoms with Crippen LogP contribution in [0.15, 0.2) is 12.4 Å². The number of aromatic nitrogens is 1. The predicted molar refractivity (Wildman–Crippen MR) is 62.8 cm³/mol. The van der Waals surface area contributed by atoms with Crippen LogP contribution in [0.2, 0.25) is 0 Å². The van der Waals surface area contributed by atoms with Gasteiger partial charge in [0.2, 0.25) is 0 Å². The summed E-state index contributed by atoms with van der Waals surface area (Å²) in [5.41, 5.74) is 2.16. The first-order valence-electron chi connectivity index (χ1n) is 6.11. The van der Waals surface area contributed by atoms with Crippen LogP contribution in [-0.2, 0) is 17.7 Å². The van der Waals surface area contributed by atoms with Crippen LogP contribution >= 0.6 is 0 Å². The molecule has 0 amide bonds. The summed E-state index contributed by atoms with van der Waals surface area (Å²) in [5.74, 6) is 0.308. The number of hydrogen-bond donors (Lipinski definition) is 0. The molecule has 0 aromatic carbocycles. The number of nitrogens with zero attached hydrogens (tertiary/aromatic N) is 1. The molecule has 0 radical (unpaired) electrons. The summed E-state index contributed by atoms with van der Waals surface area (Å²) < 4.78 is 7.40. The van der Waals surface area contributed by atoms with Crippen LogP contribution in [0.5, 0.6) is 0 Å². The molecule has 88 valence electrons. The van der Waals surface area contributed by atoms with Crippen molar-refractivity contribution in [2.24, 2.45) is 0 Å². The van der Waals surface area contributed by atoms with E-state index in [4.69, 9.17) is 4.74 Å². The van der Waals surface area contributed by atoms with E-state index in [1.807, 2.05) is 13.1 Å². The molecule has 1 aromatic heterocycles. The third-order valence-corrected chi connectivity index (χ3v) is 3.06. The van der Waals surface area contributed by atoms with E-state index in [9.17, 15) is 4.79 Å². The molecule has 0 saturated heterocycles. The fourth-order valence-electron chi connectivity index (χ4n) is 2.19. The van der Waals surface area contributed by atoms with Gasteiger partial charge in [0, 0.05) is 37.5 Å². The molecule has 0 spiro atoms. The highest BCUT2D eigenvalue weighted by Gasteiger charge is 2.17. The molecule has 0 unspecified atom stereocenters. The van der Waals surface area contributed by atoms with E-state index < -0.39 is 0 Å². The molecule has 0 N–H and O–H groups in total. The van der Waals surface area contributed by atoms with Gasteiger partial charge in [-0.2, -0.15) is 0 Å². The van der Waals surface area contributed by atoms with Crippen LogP contribution in [0, 0.1) is 0 Å². The summed E-state index contributed by atoms with van der Waals surface area (Å²) in [6.45, 7) is 4.31. The Labute approximate surface area is 96.4 Å². The number of fused-ring (bicyclic) bond motifs is 1. The average molecular weight is 221 g/mol. The lowest BCUT2D eigenvalue weighted by Gasteiger charge is -2.02. The summed E-state index contributed by atoms with van der Waals surface area (Å²) in [7, 11) is 0. The highest BCUT2D eigenvalue weighted by atomic mass is 16.5. The lowest BCUT2D eigenvalue weighted by Crippen LogP contribution is -2.04. The van der Waals surface area contributed by atoms with E-state index in [-0.39, 0.29) is 0 Å². The van der Waals surface area contributed by atoms with E-state index in [0.717, 1.165) is 44.6 Å². The molecule has 0 aliphatic heterocycles. The number of ether oxygens (including phenoxy) is 1. The third kappa shape index (κ3) is 2.53. The lowest BCUT2D eigenvalue weighted by atomic mass is 10.1. The minimum absolute atomic E-state index is 0.308. The number of hydrogen-bond acceptors (Lipinski definition) is 2. The minimum Gasteiger partial charge on any atom is -0.380 e. The summed E-state index contributed by atoms with van der Waals surface area (Å²) in [5, 5.41) is 0. The lowest BCUT2D eigenvalue weighted by molar-refractivity contribution is 0.0981. The van der Waals surface area contributed by atoms with E-state index in [1.165, 1.54) is 5.56 Å². The van der Waals surface area contributed by atoms with Gasteiger partial charge in [-0.3, -0.25) is 4.79 Å². The Kier molecular flexibility index (Phi) is 3.78. The molecular formula is C13H19NO2. The third-order valence-electron chi connectivity index (χ3n) is 3.06. The zero-order valence-electron chi connectivity index (χ0n) is 9.87. The van der Waals surface area contributed by atoms with Crippen molar-refractivity contribution in [1.82, 2.24) is 4.57 Å². The molecule has 3 nitrogen and oxygen atoms in total. The second-order valence-electron chi connectivity index (χ2n) is 4.26. The van der Waals surface area contributed by atoms with Crippen LogP contribution in [0.4, 0.5) is 0 Å². The molecule has 0 atom stereocenters. The first-order valence-corrected chi connectivity index (χ1v) is 6.11. The minimum atomic E-state index is 0.308. The van der Waals surface area contributed by atoms with Gasteiger partial charge in [0.1, 0.15) is 0 Å². The van der Waals surface area contributed by atoms with Gasteiger partial charge in [0.05, 0.1) is 6.61 Å². The Hall–Kier alpha value is -1.09. The van der Waals surface area contributed by atoms with Gasteiger partial charge in [-0.25, -0.2) is 0 Å². The van der Waals surface area contributed by atoms with E-state index >= 15 is 0 Å². The Bertz CT molecular complexity index is 368. The van der Waals surface area contributed by atoms with Crippen molar-refractivity contribution in [2.45, 2.75) is 39.2 Å². The molecule has 2 rings (SSSR count). The number of ketones is 1. The highest BCUT2D eigenvalue weighted by molar-refractivity contribution is 5.97. The van der Waals surface area contributed by atoms with Crippen molar-refractivity contribution in [2.75, 3.05) is 13.2 Å². The quantitative estimate of drug-likeness (QED) is 0.577. The van der Waals surface area contributed by atoms with Crippen molar-refractivity contribution in [3.8, 4) is 0 Å². The maximum absolute atomic E-state index is 11.8. The van der Waals surface area contributed by atoms with Gasteiger partial charge in [-0.15, -0.1) is 0 Å². The second kappa shape index (κ2) is 5.30. The highest BCUT2D eigenvalue weighted by Crippen LogP contribution is 2.21. The monoisotopic (exact) mass is 221 g/mol. The largest absolute Gasteiger partial charge is 0.380 e. The molecule has 1 aliphatic rings. The standard InChI is InChI=1S/C13H19NO2/c1-2-16-8-7-14-9-11-5-3-4-6-13(15)12(11)10-14/h9-10H,2-8H2,1H3. The first kappa shape index (κ1) is 11.4. The molecule has 0 saturated carbocycles. The van der Waals surface area contributed by atoms with Gasteiger partial charge < -0.3 is 9.30 Å². The van der Waals surface area contributed by atoms with Crippen LogP contribution in [0.1, 0.15) is 42.1 Å². The van der Waals surface area contributed by atoms with Crippen LogP contribution in [0.3, 0.4) is 0 Å². The first-order chi connectivity index (χ1) is 7.81. The van der Waals surface area contributed by atoms with Crippen LogP contribution in [0.25, 0.3) is 0 Å². The smallest absolute Gasteiger partial charge is 0.164 e. The van der Waals surface area contributed by atoms with Crippen LogP contribution < -0.4 is 0 Å².